The van der Waals surface area contributed by atoms with E-state index >= 15 is 0 Å². The molecule has 25 nitrogen and oxygen atoms in total. The fourth-order valence-electron chi connectivity index (χ4n) is 13.4. The molecule has 6 aromatic rings. The van der Waals surface area contributed by atoms with Crippen LogP contribution in [0.5, 0.6) is 0 Å². The first-order valence-corrected chi connectivity index (χ1v) is 36.3. The fourth-order valence-corrected chi connectivity index (χ4v) is 14.3. The van der Waals surface area contributed by atoms with Gasteiger partial charge in [-0.15, -0.1) is 0 Å². The Morgan fingerprint density at radius 2 is 0.786 bits per heavy atom. The highest BCUT2D eigenvalue weighted by Crippen LogP contribution is 2.34. The summed E-state index contributed by atoms with van der Waals surface area (Å²) in [5.74, 6) is 3.32. The van der Waals surface area contributed by atoms with Crippen LogP contribution in [0.1, 0.15) is 143 Å². The minimum absolute atomic E-state index is 0.284. The molecule has 526 valence electrons. The monoisotopic (exact) mass is 1360 g/mol. The molecular weight excluding hydrogens is 1270 g/mol. The number of rotatable bonds is 22. The number of primary amides is 3. The second kappa shape index (κ2) is 35.7. The van der Waals surface area contributed by atoms with E-state index in [1.807, 2.05) is 24.3 Å². The van der Waals surface area contributed by atoms with E-state index in [0.717, 1.165) is 159 Å². The predicted molar refractivity (Wildman–Crippen MR) is 383 cm³/mol. The molecule has 0 spiro atoms. The third-order valence-corrected chi connectivity index (χ3v) is 20.7. The number of benzene rings is 3. The van der Waals surface area contributed by atoms with E-state index in [4.69, 9.17) is 36.1 Å². The van der Waals surface area contributed by atoms with Gasteiger partial charge in [-0.05, 0) is 179 Å². The smallest absolute Gasteiger partial charge is 0.409 e. The zero-order valence-electron chi connectivity index (χ0n) is 56.4. The lowest BCUT2D eigenvalue weighted by molar-refractivity contribution is 0.0852. The van der Waals surface area contributed by atoms with Crippen LogP contribution in [0.15, 0.2) is 110 Å². The summed E-state index contributed by atoms with van der Waals surface area (Å²) in [5.41, 5.74) is 26.6. The lowest BCUT2D eigenvalue weighted by Crippen LogP contribution is -2.39. The number of pyridine rings is 3. The number of nitrogens with one attached hydrogen (secondary N) is 7. The lowest BCUT2D eigenvalue weighted by atomic mass is 9.92. The first-order valence-electron chi connectivity index (χ1n) is 34.5. The summed E-state index contributed by atoms with van der Waals surface area (Å²) in [5, 5.41) is 23.5. The number of carbonyl (C=O) groups is 4. The van der Waals surface area contributed by atoms with Crippen LogP contribution < -0.4 is 54.4 Å². The third kappa shape index (κ3) is 21.2. The quantitative estimate of drug-likeness (QED) is 0.0302. The molecule has 6 saturated heterocycles. The van der Waals surface area contributed by atoms with Gasteiger partial charge < -0.3 is 78.3 Å². The van der Waals surface area contributed by atoms with Gasteiger partial charge in [0.2, 0.25) is 10.0 Å². The molecule has 0 atom stereocenters. The Labute approximate surface area is 575 Å². The summed E-state index contributed by atoms with van der Waals surface area (Å²) in [4.78, 5) is 62.2. The van der Waals surface area contributed by atoms with Crippen LogP contribution in [0.3, 0.4) is 0 Å². The molecule has 6 aliphatic heterocycles. The Hall–Kier alpha value is -8.66. The highest BCUT2D eigenvalue weighted by Gasteiger charge is 2.27. The van der Waals surface area contributed by atoms with Crippen LogP contribution >= 0.6 is 0 Å². The van der Waals surface area contributed by atoms with E-state index in [1.165, 1.54) is 46.8 Å². The molecule has 0 saturated carbocycles. The van der Waals surface area contributed by atoms with Gasteiger partial charge in [-0.1, -0.05) is 36.4 Å². The van der Waals surface area contributed by atoms with Crippen molar-refractivity contribution >= 4 is 85.4 Å². The maximum atomic E-state index is 11.9. The van der Waals surface area contributed by atoms with Gasteiger partial charge in [0.1, 0.15) is 17.5 Å². The SMILES string of the molecule is COC(=O)N1CCC(CNc2cc(Nc3ccc(C4CCOCC4)cc3)ncc2C(N)=O)CC1.CS(=O)(=O)N1CCC(CNc2cc(Nc3ccc(C4CCOCC4)cc3)ncc2C(N)=O)CC1.NC(=O)c1cnc(Nc2ccc(C3CCOCC3)cc2)cc1NCC1CCNCC1. The van der Waals surface area contributed by atoms with Gasteiger partial charge in [-0.3, -0.25) is 14.4 Å². The molecule has 98 heavy (non-hydrogen) atoms. The first kappa shape index (κ1) is 72.1. The zero-order chi connectivity index (χ0) is 68.8. The highest BCUT2D eigenvalue weighted by atomic mass is 32.2. The van der Waals surface area contributed by atoms with Crippen LogP contribution in [-0.2, 0) is 29.0 Å². The molecule has 0 unspecified atom stereocenters. The van der Waals surface area contributed by atoms with Gasteiger partial charge in [0.25, 0.3) is 17.7 Å². The average Bonchev–Trinajstić information content (AvgIpc) is 1.51. The number of sulfonamides is 1. The number of ether oxygens (including phenoxy) is 4. The summed E-state index contributed by atoms with van der Waals surface area (Å²) in [6.07, 6.45) is 17.4. The normalized spacial score (nSPS) is 18.0. The summed E-state index contributed by atoms with van der Waals surface area (Å²) in [6.45, 7) is 11.5. The van der Waals surface area contributed by atoms with E-state index in [2.05, 4.69) is 113 Å². The minimum Gasteiger partial charge on any atom is -0.453 e. The van der Waals surface area contributed by atoms with Crippen molar-refractivity contribution in [2.75, 3.05) is 144 Å². The number of piperidine rings is 3. The minimum atomic E-state index is -3.15. The Balaban J connectivity index is 0.000000160. The van der Waals surface area contributed by atoms with Crippen molar-refractivity contribution in [3.63, 3.8) is 0 Å². The molecule has 3 aromatic heterocycles. The molecule has 9 heterocycles. The molecule has 13 N–H and O–H groups in total. The Morgan fingerprint density at radius 1 is 0.480 bits per heavy atom. The summed E-state index contributed by atoms with van der Waals surface area (Å²) in [7, 11) is -1.75. The molecule has 6 aliphatic rings. The number of nitrogens with two attached hydrogens (primary N) is 3. The number of methoxy groups -OCH3 is 1. The second-order valence-corrected chi connectivity index (χ2v) is 28.2. The van der Waals surface area contributed by atoms with Crippen LogP contribution in [0.4, 0.5) is 56.4 Å². The van der Waals surface area contributed by atoms with Crippen LogP contribution in [-0.4, -0.2) is 168 Å². The van der Waals surface area contributed by atoms with Crippen molar-refractivity contribution in [3.8, 4) is 0 Å². The number of nitrogens with zero attached hydrogens (tertiary/aromatic N) is 5. The van der Waals surface area contributed by atoms with Crippen molar-refractivity contribution in [2.45, 2.75) is 94.8 Å². The molecule has 0 radical (unpaired) electrons. The van der Waals surface area contributed by atoms with E-state index < -0.39 is 27.7 Å². The van der Waals surface area contributed by atoms with Gasteiger partial charge in [-0.2, -0.15) is 0 Å². The second-order valence-electron chi connectivity index (χ2n) is 26.2. The lowest BCUT2D eigenvalue weighted by Gasteiger charge is -2.31. The summed E-state index contributed by atoms with van der Waals surface area (Å²) >= 11 is 0. The number of aromatic nitrogens is 3. The number of likely N-dealkylation sites (tertiary alicyclic amines) is 1. The maximum absolute atomic E-state index is 11.9. The summed E-state index contributed by atoms with van der Waals surface area (Å²) < 4.78 is 46.1. The Bertz CT molecular complexity index is 3680. The summed E-state index contributed by atoms with van der Waals surface area (Å²) in [6, 6.07) is 30.7. The molecule has 26 heteroatoms. The molecule has 0 bridgehead atoms. The number of anilines is 9. The largest absolute Gasteiger partial charge is 0.453 e. The molecular formula is C72H97N15O10S. The molecule has 4 amide bonds. The van der Waals surface area contributed by atoms with Gasteiger partial charge in [0.05, 0.1) is 47.1 Å². The average molecular weight is 1360 g/mol. The number of carbonyl (C=O) groups excluding carboxylic acids is 4. The number of hydrogen-bond acceptors (Lipinski definition) is 20. The van der Waals surface area contributed by atoms with Crippen LogP contribution in [0, 0.1) is 17.8 Å². The molecule has 6 fully saturated rings. The first-order chi connectivity index (χ1) is 47.5. The third-order valence-electron chi connectivity index (χ3n) is 19.4. The molecule has 3 aromatic carbocycles. The van der Waals surface area contributed by atoms with Gasteiger partial charge in [0, 0.05) is 139 Å². The van der Waals surface area contributed by atoms with Crippen molar-refractivity contribution in [1.82, 2.24) is 29.5 Å². The van der Waals surface area contributed by atoms with E-state index in [-0.39, 0.29) is 6.09 Å². The van der Waals surface area contributed by atoms with Gasteiger partial charge in [0.15, 0.2) is 0 Å². The van der Waals surface area contributed by atoms with Gasteiger partial charge >= 0.3 is 6.09 Å². The van der Waals surface area contributed by atoms with E-state index in [9.17, 15) is 27.6 Å². The van der Waals surface area contributed by atoms with Crippen LogP contribution in [0.25, 0.3) is 0 Å². The molecule has 12 rings (SSSR count). The van der Waals surface area contributed by atoms with Crippen LogP contribution in [0.2, 0.25) is 0 Å². The Morgan fingerprint density at radius 3 is 1.08 bits per heavy atom. The van der Waals surface area contributed by atoms with Crippen molar-refractivity contribution in [1.29, 1.82) is 0 Å². The zero-order valence-corrected chi connectivity index (χ0v) is 57.2. The van der Waals surface area contributed by atoms with E-state index in [0.29, 0.717) is 120 Å². The topological polar surface area (TPSA) is 347 Å². The van der Waals surface area contributed by atoms with E-state index in [1.54, 1.807) is 17.2 Å². The fraction of sp³-hybridized carbons (Fsp3) is 0.486. The van der Waals surface area contributed by atoms with Crippen molar-refractivity contribution < 1.29 is 46.5 Å². The number of hydrogen-bond donors (Lipinski definition) is 10. The molecule has 0 aliphatic carbocycles. The van der Waals surface area contributed by atoms with Crippen molar-refractivity contribution in [2.24, 2.45) is 35.0 Å². The standard InChI is InChI=1S/C25H33N5O4.C24H33N5O4S.C23H31N5O2/c1-33-25(32)30-10-6-17(7-11-30)15-27-22-14-23(28-16-21(22)24(26)31)29-20-4-2-18(3-5-20)19-8-12-34-13-9-19;1-34(31,32)29-10-6-17(7-11-29)15-26-22-14-23(27-16-21(22)24(25)30)28-20-4-2-18(3-5-20)19-8-12-33-13-9-19;24-23(29)20-15-27-22(13-21(20)26-14-16-5-9-25-10-6-16)28-19-3-1-17(2-4-19)18-7-11-30-12-8-18/h2-5,14,16-17,19H,6-13,15H2,1H3,(H2,26,31)(H2,27,28,29);2-5,14,16-17,19H,6-13,15H2,1H3,(H2,25,30)(H2,26,27,28);1-4,13,15-16,18,25H,5-12,14H2,(H2,24,29)(H2,26,27,28). The predicted octanol–water partition coefficient (Wildman–Crippen LogP) is 9.84. The van der Waals surface area contributed by atoms with Crippen molar-refractivity contribution in [3.05, 3.63) is 143 Å². The highest BCUT2D eigenvalue weighted by molar-refractivity contribution is 7.88. The maximum Gasteiger partial charge on any atom is 0.409 e. The number of amides is 4. The Kier molecular flexibility index (Phi) is 26.3. The van der Waals surface area contributed by atoms with Gasteiger partial charge in [-0.25, -0.2) is 32.5 Å².